The summed E-state index contributed by atoms with van der Waals surface area (Å²) in [5, 5.41) is 9.78. The molecule has 0 saturated carbocycles. The lowest BCUT2D eigenvalue weighted by Crippen LogP contribution is -2.45. The van der Waals surface area contributed by atoms with Gasteiger partial charge in [0.2, 0.25) is 0 Å². The third-order valence-electron chi connectivity index (χ3n) is 2.96. The van der Waals surface area contributed by atoms with E-state index in [1.807, 2.05) is 13.8 Å². The molecule has 0 unspecified atom stereocenters. The monoisotopic (exact) mass is 426 g/mol. The molecule has 2 N–H and O–H groups in total. The molecular formula is C14H27IN4OS. The normalized spacial score (nSPS) is 12.2. The molecule has 0 atom stereocenters. The summed E-state index contributed by atoms with van der Waals surface area (Å²) in [5.41, 5.74) is 0.830. The van der Waals surface area contributed by atoms with E-state index in [4.69, 9.17) is 4.74 Å². The molecule has 1 aromatic heterocycles. The van der Waals surface area contributed by atoms with E-state index in [0.717, 1.165) is 11.7 Å². The van der Waals surface area contributed by atoms with Crippen molar-refractivity contribution in [3.8, 4) is 0 Å². The molecule has 5 nitrogen and oxygen atoms in total. The summed E-state index contributed by atoms with van der Waals surface area (Å²) < 4.78 is 5.37. The Balaban J connectivity index is 0.00000400. The summed E-state index contributed by atoms with van der Waals surface area (Å²) in [6.07, 6.45) is 0. The predicted octanol–water partition coefficient (Wildman–Crippen LogP) is 2.97. The first-order chi connectivity index (χ1) is 9.38. The molecule has 1 aromatic rings. The third-order valence-corrected chi connectivity index (χ3v) is 4.15. The Morgan fingerprint density at radius 3 is 2.57 bits per heavy atom. The van der Waals surface area contributed by atoms with Crippen LogP contribution in [-0.4, -0.2) is 37.2 Å². The van der Waals surface area contributed by atoms with Gasteiger partial charge in [0.25, 0.3) is 0 Å². The first-order valence-electron chi connectivity index (χ1n) is 6.82. The van der Waals surface area contributed by atoms with Crippen LogP contribution in [0.15, 0.2) is 10.4 Å². The SMILES string of the molecule is CN=C(NCc1csc(C(C)C)n1)NCC(C)(C)OC.I. The fraction of sp³-hybridized carbons (Fsp3) is 0.714. The van der Waals surface area contributed by atoms with Gasteiger partial charge in [0.15, 0.2) is 5.96 Å². The molecule has 0 aliphatic heterocycles. The van der Waals surface area contributed by atoms with Gasteiger partial charge in [-0.25, -0.2) is 4.98 Å². The van der Waals surface area contributed by atoms with Crippen molar-refractivity contribution in [2.24, 2.45) is 4.99 Å². The molecule has 1 rings (SSSR count). The average molecular weight is 426 g/mol. The molecule has 0 radical (unpaired) electrons. The lowest BCUT2D eigenvalue weighted by atomic mass is 10.1. The topological polar surface area (TPSA) is 58.5 Å². The van der Waals surface area contributed by atoms with E-state index in [9.17, 15) is 0 Å². The highest BCUT2D eigenvalue weighted by Gasteiger charge is 2.16. The first-order valence-corrected chi connectivity index (χ1v) is 7.70. The molecule has 1 heterocycles. The van der Waals surface area contributed by atoms with Crippen molar-refractivity contribution >= 4 is 41.3 Å². The number of hydrogen-bond acceptors (Lipinski definition) is 4. The number of rotatable bonds is 6. The van der Waals surface area contributed by atoms with E-state index in [1.54, 1.807) is 25.5 Å². The molecule has 0 saturated heterocycles. The van der Waals surface area contributed by atoms with Crippen LogP contribution in [0.3, 0.4) is 0 Å². The Morgan fingerprint density at radius 2 is 2.10 bits per heavy atom. The number of nitrogens with zero attached hydrogens (tertiary/aromatic N) is 2. The molecule has 0 amide bonds. The zero-order valence-corrected chi connectivity index (χ0v) is 16.8. The second-order valence-corrected chi connectivity index (χ2v) is 6.46. The number of aliphatic imine (C=N–C) groups is 1. The van der Waals surface area contributed by atoms with E-state index >= 15 is 0 Å². The molecule has 122 valence electrons. The lowest BCUT2D eigenvalue weighted by Gasteiger charge is -2.24. The number of aromatic nitrogens is 1. The maximum atomic E-state index is 5.37. The molecule has 0 bridgehead atoms. The molecule has 0 fully saturated rings. The predicted molar refractivity (Wildman–Crippen MR) is 101 cm³/mol. The number of nitrogens with one attached hydrogen (secondary N) is 2. The van der Waals surface area contributed by atoms with E-state index in [1.165, 1.54) is 5.01 Å². The summed E-state index contributed by atoms with van der Waals surface area (Å²) in [7, 11) is 3.47. The summed E-state index contributed by atoms with van der Waals surface area (Å²) in [6.45, 7) is 9.74. The van der Waals surface area contributed by atoms with Crippen LogP contribution < -0.4 is 10.6 Å². The van der Waals surface area contributed by atoms with Gasteiger partial charge in [0.1, 0.15) is 0 Å². The Hall–Kier alpha value is -0.410. The van der Waals surface area contributed by atoms with Crippen LogP contribution in [0.25, 0.3) is 0 Å². The van der Waals surface area contributed by atoms with E-state index < -0.39 is 0 Å². The summed E-state index contributed by atoms with van der Waals surface area (Å²) in [6, 6.07) is 0. The minimum Gasteiger partial charge on any atom is -0.377 e. The van der Waals surface area contributed by atoms with Gasteiger partial charge in [-0.3, -0.25) is 4.99 Å². The van der Waals surface area contributed by atoms with Crippen LogP contribution in [0.1, 0.15) is 44.3 Å². The van der Waals surface area contributed by atoms with Gasteiger partial charge in [-0.2, -0.15) is 0 Å². The van der Waals surface area contributed by atoms with E-state index in [0.29, 0.717) is 19.0 Å². The van der Waals surface area contributed by atoms with Gasteiger partial charge in [0, 0.05) is 32.0 Å². The second kappa shape index (κ2) is 9.58. The van der Waals surface area contributed by atoms with Gasteiger partial charge >= 0.3 is 0 Å². The molecule has 0 aliphatic rings. The zero-order chi connectivity index (χ0) is 15.2. The average Bonchev–Trinajstić information content (AvgIpc) is 2.88. The minimum absolute atomic E-state index is 0. The summed E-state index contributed by atoms with van der Waals surface area (Å²) in [5.74, 6) is 1.24. The van der Waals surface area contributed by atoms with Gasteiger partial charge in [0.05, 0.1) is 22.8 Å². The van der Waals surface area contributed by atoms with Crippen LogP contribution in [0, 0.1) is 0 Å². The highest BCUT2D eigenvalue weighted by Crippen LogP contribution is 2.18. The molecule has 21 heavy (non-hydrogen) atoms. The van der Waals surface area contributed by atoms with Gasteiger partial charge in [-0.1, -0.05) is 13.8 Å². The van der Waals surface area contributed by atoms with Crippen LogP contribution in [0.5, 0.6) is 0 Å². The highest BCUT2D eigenvalue weighted by molar-refractivity contribution is 14.0. The highest BCUT2D eigenvalue weighted by atomic mass is 127. The Labute approximate surface area is 149 Å². The molecule has 0 spiro atoms. The number of ether oxygens (including phenoxy) is 1. The molecule has 0 aromatic carbocycles. The van der Waals surface area contributed by atoms with Crippen LogP contribution >= 0.6 is 35.3 Å². The van der Waals surface area contributed by atoms with Crippen molar-refractivity contribution in [2.75, 3.05) is 20.7 Å². The van der Waals surface area contributed by atoms with Gasteiger partial charge < -0.3 is 15.4 Å². The molecular weight excluding hydrogens is 399 g/mol. The maximum absolute atomic E-state index is 5.37. The minimum atomic E-state index is -0.219. The van der Waals surface area contributed by atoms with Gasteiger partial charge in [-0.05, 0) is 13.8 Å². The fourth-order valence-electron chi connectivity index (χ4n) is 1.43. The van der Waals surface area contributed by atoms with Crippen molar-refractivity contribution in [3.05, 3.63) is 16.1 Å². The zero-order valence-electron chi connectivity index (χ0n) is 13.7. The number of hydrogen-bond donors (Lipinski definition) is 2. The Bertz CT molecular complexity index is 446. The number of guanidine groups is 1. The van der Waals surface area contributed by atoms with Crippen molar-refractivity contribution in [1.29, 1.82) is 0 Å². The summed E-state index contributed by atoms with van der Waals surface area (Å²) in [4.78, 5) is 8.79. The molecule has 0 aliphatic carbocycles. The third kappa shape index (κ3) is 7.42. The van der Waals surface area contributed by atoms with Gasteiger partial charge in [-0.15, -0.1) is 35.3 Å². The number of halogens is 1. The Kier molecular flexibility index (Phi) is 9.39. The lowest BCUT2D eigenvalue weighted by molar-refractivity contribution is 0.0268. The first kappa shape index (κ1) is 20.6. The largest absolute Gasteiger partial charge is 0.377 e. The van der Waals surface area contributed by atoms with Crippen molar-refractivity contribution < 1.29 is 4.74 Å². The van der Waals surface area contributed by atoms with Crippen molar-refractivity contribution in [1.82, 2.24) is 15.6 Å². The molecule has 7 heteroatoms. The van der Waals surface area contributed by atoms with Crippen molar-refractivity contribution in [3.63, 3.8) is 0 Å². The smallest absolute Gasteiger partial charge is 0.191 e. The Morgan fingerprint density at radius 1 is 1.43 bits per heavy atom. The van der Waals surface area contributed by atoms with Crippen LogP contribution in [-0.2, 0) is 11.3 Å². The fourth-order valence-corrected chi connectivity index (χ4v) is 2.27. The van der Waals surface area contributed by atoms with Crippen molar-refractivity contribution in [2.45, 2.75) is 45.8 Å². The second-order valence-electron chi connectivity index (χ2n) is 5.57. The number of thiazole rings is 1. The van der Waals surface area contributed by atoms with Crippen LogP contribution in [0.2, 0.25) is 0 Å². The van der Waals surface area contributed by atoms with E-state index in [-0.39, 0.29) is 29.6 Å². The standard InChI is InChI=1S/C14H26N4OS.HI/c1-10(2)12-18-11(8-20-12)7-16-13(15-5)17-9-14(3,4)19-6;/h8,10H,7,9H2,1-6H3,(H2,15,16,17);1H. The number of methoxy groups -OCH3 is 1. The maximum Gasteiger partial charge on any atom is 0.191 e. The quantitative estimate of drug-likeness (QED) is 0.417. The van der Waals surface area contributed by atoms with E-state index in [2.05, 4.69) is 39.8 Å². The van der Waals surface area contributed by atoms with Crippen LogP contribution in [0.4, 0.5) is 0 Å². The summed E-state index contributed by atoms with van der Waals surface area (Å²) >= 11 is 1.71.